The number of nitrogens with one attached hydrogen (secondary N) is 1. The third-order valence-electron chi connectivity index (χ3n) is 3.49. The van der Waals surface area contributed by atoms with Gasteiger partial charge in [-0.05, 0) is 12.1 Å². The van der Waals surface area contributed by atoms with Gasteiger partial charge in [0, 0.05) is 25.7 Å². The van der Waals surface area contributed by atoms with Gasteiger partial charge in [0.15, 0.2) is 15.3 Å². The van der Waals surface area contributed by atoms with Crippen molar-refractivity contribution in [1.29, 1.82) is 0 Å². The van der Waals surface area contributed by atoms with Crippen LogP contribution in [-0.4, -0.2) is 63.2 Å². The summed E-state index contributed by atoms with van der Waals surface area (Å²) in [4.78, 5) is 12.3. The molecule has 2 aromatic heterocycles. The first kappa shape index (κ1) is 21.7. The van der Waals surface area contributed by atoms with Crippen LogP contribution in [0.15, 0.2) is 39.8 Å². The summed E-state index contributed by atoms with van der Waals surface area (Å²) in [5, 5.41) is 20.3. The highest BCUT2D eigenvalue weighted by atomic mass is 32.2. The van der Waals surface area contributed by atoms with E-state index in [0.717, 1.165) is 15.8 Å². The fourth-order valence-electron chi connectivity index (χ4n) is 2.27. The molecule has 0 unspecified atom stereocenters. The van der Waals surface area contributed by atoms with Gasteiger partial charge in [0.2, 0.25) is 11.0 Å². The maximum atomic E-state index is 12.3. The second-order valence-corrected chi connectivity index (χ2v) is 8.82. The molecule has 1 aromatic carbocycles. The Morgan fingerprint density at radius 3 is 2.69 bits per heavy atom. The lowest BCUT2D eigenvalue weighted by Crippen LogP contribution is -2.14. The van der Waals surface area contributed by atoms with E-state index in [1.165, 1.54) is 23.1 Å². The Kier molecular flexibility index (Phi) is 8.43. The van der Waals surface area contributed by atoms with E-state index < -0.39 is 0 Å². The largest absolute Gasteiger partial charge is 0.384 e. The number of amides is 1. The molecular formula is C17H20N6O3S3. The van der Waals surface area contributed by atoms with E-state index in [4.69, 9.17) is 9.47 Å². The molecule has 0 aliphatic carbocycles. The second kappa shape index (κ2) is 11.3. The summed E-state index contributed by atoms with van der Waals surface area (Å²) in [6.07, 6.45) is 0. The highest BCUT2D eigenvalue weighted by molar-refractivity contribution is 8.01. The minimum Gasteiger partial charge on any atom is -0.384 e. The molecule has 0 radical (unpaired) electrons. The summed E-state index contributed by atoms with van der Waals surface area (Å²) in [5.74, 6) is 1.44. The number of hydrogen-bond acceptors (Lipinski definition) is 10. The molecule has 1 amide bonds. The number of methoxy groups -OCH3 is 2. The third-order valence-corrected chi connectivity index (χ3v) is 6.35. The van der Waals surface area contributed by atoms with E-state index in [2.05, 4.69) is 25.7 Å². The zero-order valence-electron chi connectivity index (χ0n) is 15.9. The fraction of sp³-hybridized carbons (Fsp3) is 0.353. The molecule has 0 atom stereocenters. The topological polar surface area (TPSA) is 104 Å². The van der Waals surface area contributed by atoms with Crippen molar-refractivity contribution in [2.45, 2.75) is 16.1 Å². The van der Waals surface area contributed by atoms with E-state index in [9.17, 15) is 4.79 Å². The maximum absolute atomic E-state index is 12.3. The van der Waals surface area contributed by atoms with Crippen LogP contribution in [0.4, 0.5) is 5.13 Å². The van der Waals surface area contributed by atoms with Crippen LogP contribution in [-0.2, 0) is 20.9 Å². The summed E-state index contributed by atoms with van der Waals surface area (Å²) in [5.41, 5.74) is 0.911. The molecule has 0 bridgehead atoms. The zero-order valence-corrected chi connectivity index (χ0v) is 18.4. The summed E-state index contributed by atoms with van der Waals surface area (Å²) in [6, 6.07) is 9.72. The Hall–Kier alpha value is -1.99. The summed E-state index contributed by atoms with van der Waals surface area (Å²) < 4.78 is 12.9. The number of carbonyl (C=O) groups excluding carboxylic acids is 1. The molecule has 29 heavy (non-hydrogen) atoms. The lowest BCUT2D eigenvalue weighted by Gasteiger charge is -2.09. The molecule has 0 fully saturated rings. The number of para-hydroxylation sites is 1. The van der Waals surface area contributed by atoms with E-state index >= 15 is 0 Å². The number of anilines is 1. The second-order valence-electron chi connectivity index (χ2n) is 5.55. The lowest BCUT2D eigenvalue weighted by atomic mass is 10.3. The van der Waals surface area contributed by atoms with Gasteiger partial charge in [-0.3, -0.25) is 14.7 Å². The third kappa shape index (κ3) is 6.24. The number of benzene rings is 1. The highest BCUT2D eigenvalue weighted by Crippen LogP contribution is 2.26. The Balaban J connectivity index is 1.60. The van der Waals surface area contributed by atoms with Crippen molar-refractivity contribution in [3.05, 3.63) is 36.2 Å². The van der Waals surface area contributed by atoms with Crippen LogP contribution in [0.1, 0.15) is 5.82 Å². The van der Waals surface area contributed by atoms with Crippen LogP contribution in [0.2, 0.25) is 0 Å². The molecule has 154 valence electrons. The minimum atomic E-state index is -0.185. The smallest absolute Gasteiger partial charge is 0.236 e. The lowest BCUT2D eigenvalue weighted by molar-refractivity contribution is -0.113. The number of carbonyl (C=O) groups is 1. The first-order valence-corrected chi connectivity index (χ1v) is 11.4. The van der Waals surface area contributed by atoms with Gasteiger partial charge in [-0.2, -0.15) is 0 Å². The van der Waals surface area contributed by atoms with Gasteiger partial charge in [-0.15, -0.1) is 20.4 Å². The van der Waals surface area contributed by atoms with Crippen LogP contribution >= 0.6 is 34.9 Å². The van der Waals surface area contributed by atoms with Gasteiger partial charge >= 0.3 is 0 Å². The molecule has 9 nitrogen and oxygen atoms in total. The molecule has 0 spiro atoms. The van der Waals surface area contributed by atoms with Crippen LogP contribution in [0, 0.1) is 0 Å². The van der Waals surface area contributed by atoms with Gasteiger partial charge in [-0.25, -0.2) is 0 Å². The molecule has 0 saturated carbocycles. The summed E-state index contributed by atoms with van der Waals surface area (Å²) in [6.45, 7) is 0.957. The predicted molar refractivity (Wildman–Crippen MR) is 114 cm³/mol. The molecule has 12 heteroatoms. The van der Waals surface area contributed by atoms with E-state index in [0.29, 0.717) is 29.3 Å². The van der Waals surface area contributed by atoms with Gasteiger partial charge in [0.25, 0.3) is 0 Å². The van der Waals surface area contributed by atoms with Crippen molar-refractivity contribution in [3.8, 4) is 5.69 Å². The zero-order chi connectivity index (χ0) is 20.5. The van der Waals surface area contributed by atoms with Crippen molar-refractivity contribution >= 4 is 45.9 Å². The molecular weight excluding hydrogens is 432 g/mol. The van der Waals surface area contributed by atoms with Crippen LogP contribution < -0.4 is 5.32 Å². The summed E-state index contributed by atoms with van der Waals surface area (Å²) in [7, 11) is 3.26. The van der Waals surface area contributed by atoms with Crippen molar-refractivity contribution in [2.24, 2.45) is 0 Å². The first-order chi connectivity index (χ1) is 14.2. The number of thioether (sulfide) groups is 2. The Morgan fingerprint density at radius 2 is 1.93 bits per heavy atom. The Labute approximate surface area is 180 Å². The molecule has 3 rings (SSSR count). The summed E-state index contributed by atoms with van der Waals surface area (Å²) >= 11 is 4.17. The van der Waals surface area contributed by atoms with Gasteiger partial charge < -0.3 is 9.47 Å². The molecule has 0 saturated heterocycles. The Morgan fingerprint density at radius 1 is 1.10 bits per heavy atom. The number of aromatic nitrogens is 5. The fourth-order valence-corrected chi connectivity index (χ4v) is 4.78. The van der Waals surface area contributed by atoms with Crippen LogP contribution in [0.25, 0.3) is 5.69 Å². The molecule has 2 heterocycles. The monoisotopic (exact) mass is 452 g/mol. The predicted octanol–water partition coefficient (Wildman–Crippen LogP) is 2.73. The van der Waals surface area contributed by atoms with Crippen molar-refractivity contribution in [1.82, 2.24) is 25.0 Å². The van der Waals surface area contributed by atoms with E-state index in [1.54, 1.807) is 26.0 Å². The molecule has 0 aliphatic rings. The van der Waals surface area contributed by atoms with Crippen molar-refractivity contribution in [3.63, 3.8) is 0 Å². The first-order valence-electron chi connectivity index (χ1n) is 8.57. The van der Waals surface area contributed by atoms with E-state index in [-0.39, 0.29) is 11.7 Å². The number of hydrogen-bond donors (Lipinski definition) is 1. The van der Waals surface area contributed by atoms with Crippen molar-refractivity contribution < 1.29 is 14.3 Å². The number of rotatable bonds is 11. The van der Waals surface area contributed by atoms with Crippen molar-refractivity contribution in [2.75, 3.05) is 37.6 Å². The molecule has 0 aliphatic heterocycles. The number of nitrogens with zero attached hydrogens (tertiary/aromatic N) is 5. The maximum Gasteiger partial charge on any atom is 0.236 e. The Bertz CT molecular complexity index is 918. The normalized spacial score (nSPS) is 11.0. The average Bonchev–Trinajstić information content (AvgIpc) is 3.34. The SMILES string of the molecule is COCCSc1nnc(NC(=O)CSc2nnc(COC)n2-c2ccccc2)s1. The molecule has 3 aromatic rings. The van der Waals surface area contributed by atoms with Crippen LogP contribution in [0.3, 0.4) is 0 Å². The van der Waals surface area contributed by atoms with E-state index in [1.807, 2.05) is 34.9 Å². The number of ether oxygens (including phenoxy) is 2. The van der Waals surface area contributed by atoms with Gasteiger partial charge in [0.1, 0.15) is 6.61 Å². The van der Waals surface area contributed by atoms with Gasteiger partial charge in [0.05, 0.1) is 12.4 Å². The standard InChI is InChI=1S/C17H20N6O3S3/c1-25-8-9-27-17-22-20-15(29-17)18-14(24)11-28-16-21-19-13(10-26-2)23(16)12-6-4-3-5-7-12/h3-7H,8-11H2,1-2H3,(H,18,20,24). The average molecular weight is 453 g/mol. The molecule has 1 N–H and O–H groups in total. The highest BCUT2D eigenvalue weighted by Gasteiger charge is 2.16. The minimum absolute atomic E-state index is 0.170. The van der Waals surface area contributed by atoms with Gasteiger partial charge in [-0.1, -0.05) is 53.1 Å². The van der Waals surface area contributed by atoms with Crippen LogP contribution in [0.5, 0.6) is 0 Å². The quantitative estimate of drug-likeness (QED) is 0.267.